The molecule has 0 heterocycles. The first-order valence-electron chi connectivity index (χ1n) is 7.90. The van der Waals surface area contributed by atoms with E-state index in [1.165, 1.54) is 5.56 Å². The van der Waals surface area contributed by atoms with E-state index in [1.807, 2.05) is 48.5 Å². The van der Waals surface area contributed by atoms with E-state index in [1.54, 1.807) is 0 Å². The van der Waals surface area contributed by atoms with Crippen LogP contribution in [-0.2, 0) is 6.54 Å². The Balaban J connectivity index is 2.04. The molecule has 0 spiro atoms. The number of carbonyl (C=O) groups is 1. The highest BCUT2D eigenvalue weighted by Gasteiger charge is 2.10. The van der Waals surface area contributed by atoms with Gasteiger partial charge in [0.25, 0.3) is 5.91 Å². The normalized spacial score (nSPS) is 11.0. The van der Waals surface area contributed by atoms with Gasteiger partial charge < -0.3 is 5.32 Å². The molecule has 0 atom stereocenters. The van der Waals surface area contributed by atoms with Gasteiger partial charge in [-0.3, -0.25) is 9.69 Å². The minimum absolute atomic E-state index is 0.0723. The summed E-state index contributed by atoms with van der Waals surface area (Å²) in [5.74, 6) is -0.0723. The summed E-state index contributed by atoms with van der Waals surface area (Å²) in [6, 6.07) is 16.2. The second-order valence-electron chi connectivity index (χ2n) is 5.79. The minimum atomic E-state index is -0.0723. The van der Waals surface area contributed by atoms with Crippen molar-refractivity contribution >= 4 is 34.2 Å². The minimum Gasteiger partial charge on any atom is -0.321 e. The summed E-state index contributed by atoms with van der Waals surface area (Å²) in [7, 11) is 0. The molecule has 122 valence electrons. The van der Waals surface area contributed by atoms with E-state index in [0.29, 0.717) is 11.6 Å². The Morgan fingerprint density at radius 3 is 2.35 bits per heavy atom. The molecule has 0 aliphatic carbocycles. The van der Waals surface area contributed by atoms with Crippen LogP contribution in [0.15, 0.2) is 48.5 Å². The molecular formula is C19H23IN2O. The molecule has 3 nitrogen and oxygen atoms in total. The smallest absolute Gasteiger partial charge is 0.255 e. The quantitative estimate of drug-likeness (QED) is 0.680. The summed E-state index contributed by atoms with van der Waals surface area (Å²) in [4.78, 5) is 14.7. The van der Waals surface area contributed by atoms with Gasteiger partial charge in [-0.05, 0) is 72.8 Å². The Kier molecular flexibility index (Phi) is 6.59. The first-order valence-corrected chi connectivity index (χ1v) is 8.98. The molecule has 0 radical (unpaired) electrons. The third-order valence-corrected chi connectivity index (χ3v) is 4.80. The maximum atomic E-state index is 12.3. The van der Waals surface area contributed by atoms with Crippen LogP contribution in [0.4, 0.5) is 5.69 Å². The highest BCUT2D eigenvalue weighted by Crippen LogP contribution is 2.18. The van der Waals surface area contributed by atoms with Crippen molar-refractivity contribution in [2.45, 2.75) is 33.4 Å². The molecule has 1 N–H and O–H groups in total. The molecule has 0 fully saturated rings. The fraction of sp³-hybridized carbons (Fsp3) is 0.316. The van der Waals surface area contributed by atoms with Gasteiger partial charge in [0.2, 0.25) is 0 Å². The molecule has 0 aromatic heterocycles. The average molecular weight is 422 g/mol. The lowest BCUT2D eigenvalue weighted by Crippen LogP contribution is -2.29. The summed E-state index contributed by atoms with van der Waals surface area (Å²) in [6.07, 6.45) is 0. The molecule has 0 saturated heterocycles. The van der Waals surface area contributed by atoms with Crippen molar-refractivity contribution in [2.75, 3.05) is 11.9 Å². The van der Waals surface area contributed by atoms with Crippen LogP contribution in [0.3, 0.4) is 0 Å². The Bertz CT molecular complexity index is 653. The number of hydrogen-bond acceptors (Lipinski definition) is 2. The largest absolute Gasteiger partial charge is 0.321 e. The van der Waals surface area contributed by atoms with Gasteiger partial charge in [0.1, 0.15) is 0 Å². The maximum Gasteiger partial charge on any atom is 0.255 e. The fourth-order valence-corrected chi connectivity index (χ4v) is 2.93. The van der Waals surface area contributed by atoms with Crippen molar-refractivity contribution in [1.29, 1.82) is 0 Å². The van der Waals surface area contributed by atoms with E-state index in [2.05, 4.69) is 53.6 Å². The Morgan fingerprint density at radius 2 is 1.78 bits per heavy atom. The van der Waals surface area contributed by atoms with E-state index in [4.69, 9.17) is 0 Å². The van der Waals surface area contributed by atoms with Crippen LogP contribution in [0.5, 0.6) is 0 Å². The van der Waals surface area contributed by atoms with E-state index >= 15 is 0 Å². The molecular weight excluding hydrogens is 399 g/mol. The lowest BCUT2D eigenvalue weighted by molar-refractivity contribution is 0.102. The number of hydrogen-bond donors (Lipinski definition) is 1. The molecule has 0 aliphatic heterocycles. The van der Waals surface area contributed by atoms with Gasteiger partial charge in [-0.2, -0.15) is 0 Å². The average Bonchev–Trinajstić information content (AvgIpc) is 2.55. The van der Waals surface area contributed by atoms with Crippen LogP contribution in [0.25, 0.3) is 0 Å². The lowest BCUT2D eigenvalue weighted by atomic mass is 10.1. The van der Waals surface area contributed by atoms with E-state index in [0.717, 1.165) is 22.3 Å². The van der Waals surface area contributed by atoms with Crippen molar-refractivity contribution in [3.8, 4) is 0 Å². The standard InChI is InChI=1S/C19H23IN2O/c1-4-22(14(2)3)13-15-9-11-16(12-10-15)19(23)21-18-8-6-5-7-17(18)20/h5-12,14H,4,13H2,1-3H3,(H,21,23). The summed E-state index contributed by atoms with van der Waals surface area (Å²) >= 11 is 2.22. The van der Waals surface area contributed by atoms with Gasteiger partial charge in [0.05, 0.1) is 5.69 Å². The molecule has 0 saturated carbocycles. The highest BCUT2D eigenvalue weighted by molar-refractivity contribution is 14.1. The van der Waals surface area contributed by atoms with Gasteiger partial charge in [-0.25, -0.2) is 0 Å². The molecule has 2 aromatic rings. The fourth-order valence-electron chi connectivity index (χ4n) is 2.41. The number of halogens is 1. The molecule has 1 amide bonds. The third kappa shape index (κ3) is 5.04. The summed E-state index contributed by atoms with van der Waals surface area (Å²) < 4.78 is 1.03. The molecule has 2 rings (SSSR count). The summed E-state index contributed by atoms with van der Waals surface area (Å²) in [6.45, 7) is 8.50. The Morgan fingerprint density at radius 1 is 1.13 bits per heavy atom. The van der Waals surface area contributed by atoms with Crippen LogP contribution >= 0.6 is 22.6 Å². The van der Waals surface area contributed by atoms with Gasteiger partial charge in [0.15, 0.2) is 0 Å². The zero-order valence-corrected chi connectivity index (χ0v) is 16.0. The van der Waals surface area contributed by atoms with Gasteiger partial charge >= 0.3 is 0 Å². The van der Waals surface area contributed by atoms with E-state index in [-0.39, 0.29) is 5.91 Å². The second-order valence-corrected chi connectivity index (χ2v) is 6.95. The Labute approximate surface area is 152 Å². The molecule has 23 heavy (non-hydrogen) atoms. The SMILES string of the molecule is CCN(Cc1ccc(C(=O)Nc2ccccc2I)cc1)C(C)C. The van der Waals surface area contributed by atoms with Crippen LogP contribution in [0.2, 0.25) is 0 Å². The first-order chi connectivity index (χ1) is 11.0. The summed E-state index contributed by atoms with van der Waals surface area (Å²) in [5, 5.41) is 2.96. The number of para-hydroxylation sites is 1. The first kappa shape index (κ1) is 17.9. The number of amides is 1. The number of nitrogens with zero attached hydrogens (tertiary/aromatic N) is 1. The highest BCUT2D eigenvalue weighted by atomic mass is 127. The van der Waals surface area contributed by atoms with Crippen molar-refractivity contribution in [2.24, 2.45) is 0 Å². The summed E-state index contributed by atoms with van der Waals surface area (Å²) in [5.41, 5.74) is 2.76. The molecule has 2 aromatic carbocycles. The Hall–Kier alpha value is -1.40. The number of nitrogens with one attached hydrogen (secondary N) is 1. The van der Waals surface area contributed by atoms with Crippen molar-refractivity contribution < 1.29 is 4.79 Å². The predicted molar refractivity (Wildman–Crippen MR) is 105 cm³/mol. The number of anilines is 1. The zero-order valence-electron chi connectivity index (χ0n) is 13.8. The van der Waals surface area contributed by atoms with Gasteiger partial charge in [-0.15, -0.1) is 0 Å². The van der Waals surface area contributed by atoms with Crippen LogP contribution in [-0.4, -0.2) is 23.4 Å². The molecule has 0 aliphatic rings. The van der Waals surface area contributed by atoms with E-state index in [9.17, 15) is 4.79 Å². The number of rotatable bonds is 6. The monoisotopic (exact) mass is 422 g/mol. The van der Waals surface area contributed by atoms with Crippen molar-refractivity contribution in [3.63, 3.8) is 0 Å². The number of benzene rings is 2. The number of carbonyl (C=O) groups excluding carboxylic acids is 1. The van der Waals surface area contributed by atoms with Gasteiger partial charge in [0, 0.05) is 21.7 Å². The zero-order chi connectivity index (χ0) is 16.8. The second kappa shape index (κ2) is 8.45. The molecule has 0 bridgehead atoms. The third-order valence-electron chi connectivity index (χ3n) is 3.86. The van der Waals surface area contributed by atoms with Crippen molar-refractivity contribution in [1.82, 2.24) is 4.90 Å². The lowest BCUT2D eigenvalue weighted by Gasteiger charge is -2.24. The molecule has 4 heteroatoms. The van der Waals surface area contributed by atoms with Gasteiger partial charge in [-0.1, -0.05) is 31.2 Å². The molecule has 0 unspecified atom stereocenters. The predicted octanol–water partition coefficient (Wildman–Crippen LogP) is 4.77. The van der Waals surface area contributed by atoms with Crippen LogP contribution in [0, 0.1) is 3.57 Å². The van der Waals surface area contributed by atoms with Crippen LogP contribution < -0.4 is 5.32 Å². The van der Waals surface area contributed by atoms with Crippen molar-refractivity contribution in [3.05, 3.63) is 63.2 Å². The van der Waals surface area contributed by atoms with E-state index < -0.39 is 0 Å². The van der Waals surface area contributed by atoms with Crippen LogP contribution in [0.1, 0.15) is 36.7 Å². The maximum absolute atomic E-state index is 12.3. The topological polar surface area (TPSA) is 32.3 Å².